The van der Waals surface area contributed by atoms with Crippen molar-refractivity contribution in [1.82, 2.24) is 4.98 Å². The lowest BCUT2D eigenvalue weighted by molar-refractivity contribution is -0.385. The molecule has 1 atom stereocenters. The highest BCUT2D eigenvalue weighted by Crippen LogP contribution is 2.34. The van der Waals surface area contributed by atoms with Gasteiger partial charge in [-0.2, -0.15) is 0 Å². The number of fused-ring (bicyclic) bond motifs is 1. The van der Waals surface area contributed by atoms with Gasteiger partial charge in [0.25, 0.3) is 5.69 Å². The van der Waals surface area contributed by atoms with Crippen LogP contribution < -0.4 is 0 Å². The predicted molar refractivity (Wildman–Crippen MR) is 69.1 cm³/mol. The highest BCUT2D eigenvalue weighted by Gasteiger charge is 2.29. The van der Waals surface area contributed by atoms with Crippen molar-refractivity contribution in [3.8, 4) is 0 Å². The summed E-state index contributed by atoms with van der Waals surface area (Å²) >= 11 is 0. The van der Waals surface area contributed by atoms with Gasteiger partial charge >= 0.3 is 5.97 Å². The van der Waals surface area contributed by atoms with Crippen molar-refractivity contribution < 1.29 is 14.8 Å². The number of hydrogen-bond donors (Lipinski definition) is 1. The summed E-state index contributed by atoms with van der Waals surface area (Å²) in [6.45, 7) is 1.69. The molecule has 1 unspecified atom stereocenters. The smallest absolute Gasteiger partial charge is 0.311 e. The van der Waals surface area contributed by atoms with Gasteiger partial charge in [-0.3, -0.25) is 14.9 Å². The molecule has 19 heavy (non-hydrogen) atoms. The van der Waals surface area contributed by atoms with Gasteiger partial charge in [-0.05, 0) is 12.5 Å². The van der Waals surface area contributed by atoms with Crippen LogP contribution in [0.5, 0.6) is 0 Å². The maximum atomic E-state index is 11.3. The third kappa shape index (κ3) is 2.24. The lowest BCUT2D eigenvalue weighted by atomic mass is 9.92. The monoisotopic (exact) mass is 260 g/mol. The molecule has 0 spiro atoms. The molecule has 0 saturated carbocycles. The summed E-state index contributed by atoms with van der Waals surface area (Å²) in [7, 11) is 0. The van der Waals surface area contributed by atoms with Crippen LogP contribution in [0, 0.1) is 10.1 Å². The van der Waals surface area contributed by atoms with E-state index in [1.54, 1.807) is 31.2 Å². The highest BCUT2D eigenvalue weighted by molar-refractivity contribution is 5.91. The van der Waals surface area contributed by atoms with E-state index < -0.39 is 16.8 Å². The van der Waals surface area contributed by atoms with Gasteiger partial charge < -0.3 is 5.11 Å². The summed E-state index contributed by atoms with van der Waals surface area (Å²) in [5.74, 6) is -1.98. The maximum Gasteiger partial charge on any atom is 0.311 e. The highest BCUT2D eigenvalue weighted by atomic mass is 16.6. The van der Waals surface area contributed by atoms with Gasteiger partial charge in [0.1, 0.15) is 6.20 Å². The first kappa shape index (κ1) is 12.9. The van der Waals surface area contributed by atoms with Crippen LogP contribution in [0.4, 0.5) is 5.69 Å². The Balaban J connectivity index is 2.82. The van der Waals surface area contributed by atoms with Crippen LogP contribution >= 0.6 is 0 Å². The first-order valence-corrected chi connectivity index (χ1v) is 5.81. The molecule has 0 aliphatic rings. The molecule has 0 saturated heterocycles. The molecule has 2 rings (SSSR count). The van der Waals surface area contributed by atoms with Gasteiger partial charge in [-0.15, -0.1) is 0 Å². The van der Waals surface area contributed by atoms with E-state index in [1.807, 2.05) is 0 Å². The van der Waals surface area contributed by atoms with E-state index in [9.17, 15) is 20.0 Å². The van der Waals surface area contributed by atoms with Crippen molar-refractivity contribution in [2.45, 2.75) is 19.3 Å². The summed E-state index contributed by atoms with van der Waals surface area (Å²) in [6, 6.07) is 6.84. The van der Waals surface area contributed by atoms with E-state index >= 15 is 0 Å². The van der Waals surface area contributed by atoms with E-state index in [1.165, 1.54) is 0 Å². The molecule has 1 aromatic carbocycles. The van der Waals surface area contributed by atoms with Crippen LogP contribution in [0.2, 0.25) is 0 Å². The largest absolute Gasteiger partial charge is 0.481 e. The molecule has 0 aliphatic carbocycles. The average Bonchev–Trinajstić information content (AvgIpc) is 2.39. The van der Waals surface area contributed by atoms with Crippen LogP contribution in [0.1, 0.15) is 24.8 Å². The molecule has 0 amide bonds. The first-order valence-electron chi connectivity index (χ1n) is 5.81. The summed E-state index contributed by atoms with van der Waals surface area (Å²) < 4.78 is 0. The number of carboxylic acids is 1. The number of para-hydroxylation sites is 1. The Bertz CT molecular complexity index is 654. The van der Waals surface area contributed by atoms with Crippen molar-refractivity contribution in [2.24, 2.45) is 0 Å². The van der Waals surface area contributed by atoms with Gasteiger partial charge in [0.2, 0.25) is 0 Å². The summed E-state index contributed by atoms with van der Waals surface area (Å²) in [4.78, 5) is 25.8. The number of pyridine rings is 1. The Labute approximate surface area is 108 Å². The van der Waals surface area contributed by atoms with E-state index in [-0.39, 0.29) is 17.7 Å². The number of benzene rings is 1. The van der Waals surface area contributed by atoms with Crippen LogP contribution in [0.15, 0.2) is 30.5 Å². The van der Waals surface area contributed by atoms with Crippen molar-refractivity contribution in [1.29, 1.82) is 0 Å². The number of rotatable bonds is 4. The Morgan fingerprint density at radius 2 is 2.16 bits per heavy atom. The third-order valence-electron chi connectivity index (χ3n) is 3.05. The second kappa shape index (κ2) is 5.01. The molecular weight excluding hydrogens is 248 g/mol. The fourth-order valence-electron chi connectivity index (χ4n) is 2.17. The zero-order chi connectivity index (χ0) is 14.0. The normalized spacial score (nSPS) is 12.3. The van der Waals surface area contributed by atoms with Crippen LogP contribution in [0.3, 0.4) is 0 Å². The second-order valence-corrected chi connectivity index (χ2v) is 4.13. The zero-order valence-corrected chi connectivity index (χ0v) is 10.2. The standard InChI is InChI=1S/C13H12N2O4/c1-2-8(13(16)17)12-9-5-3-4-6-10(9)14-7-11(12)15(18)19/h3-8H,2H2,1H3,(H,16,17). The minimum atomic E-state index is -1.07. The van der Waals surface area contributed by atoms with E-state index in [2.05, 4.69) is 4.98 Å². The van der Waals surface area contributed by atoms with E-state index in [4.69, 9.17) is 0 Å². The maximum absolute atomic E-state index is 11.3. The van der Waals surface area contributed by atoms with Gasteiger partial charge in [0.15, 0.2) is 0 Å². The van der Waals surface area contributed by atoms with Gasteiger partial charge in [-0.25, -0.2) is 4.98 Å². The zero-order valence-electron chi connectivity index (χ0n) is 10.2. The lowest BCUT2D eigenvalue weighted by Gasteiger charge is -2.13. The first-order chi connectivity index (χ1) is 9.06. The molecule has 2 aromatic rings. The number of carboxylic acid groups (broad SMARTS) is 1. The Morgan fingerprint density at radius 3 is 2.74 bits per heavy atom. The molecule has 0 bridgehead atoms. The molecular formula is C13H12N2O4. The van der Waals surface area contributed by atoms with Crippen LogP contribution in [-0.2, 0) is 4.79 Å². The Kier molecular flexibility index (Phi) is 3.41. The molecule has 1 aromatic heterocycles. The fourth-order valence-corrected chi connectivity index (χ4v) is 2.17. The number of nitro groups is 1. The van der Waals surface area contributed by atoms with Crippen LogP contribution in [0.25, 0.3) is 10.9 Å². The van der Waals surface area contributed by atoms with Gasteiger partial charge in [0.05, 0.1) is 21.9 Å². The second-order valence-electron chi connectivity index (χ2n) is 4.13. The molecule has 0 aliphatic heterocycles. The molecule has 6 nitrogen and oxygen atoms in total. The Morgan fingerprint density at radius 1 is 1.47 bits per heavy atom. The van der Waals surface area contributed by atoms with Crippen molar-refractivity contribution in [2.75, 3.05) is 0 Å². The lowest BCUT2D eigenvalue weighted by Crippen LogP contribution is -2.13. The molecule has 1 N–H and O–H groups in total. The molecule has 0 fully saturated rings. The van der Waals surface area contributed by atoms with Crippen LogP contribution in [-0.4, -0.2) is 21.0 Å². The van der Waals surface area contributed by atoms with Gasteiger partial charge in [0, 0.05) is 5.39 Å². The number of carbonyl (C=O) groups is 1. The number of hydrogen-bond acceptors (Lipinski definition) is 4. The minimum Gasteiger partial charge on any atom is -0.481 e. The molecule has 0 radical (unpaired) electrons. The number of aliphatic carboxylic acids is 1. The SMILES string of the molecule is CCC(C(=O)O)c1c([N+](=O)[O-])cnc2ccccc12. The fraction of sp³-hybridized carbons (Fsp3) is 0.231. The number of nitrogens with zero attached hydrogens (tertiary/aromatic N) is 2. The Hall–Kier alpha value is -2.50. The molecule has 98 valence electrons. The van der Waals surface area contributed by atoms with E-state index in [0.29, 0.717) is 10.9 Å². The summed E-state index contributed by atoms with van der Waals surface area (Å²) in [6.07, 6.45) is 1.41. The van der Waals surface area contributed by atoms with Crippen molar-refractivity contribution in [3.05, 3.63) is 46.1 Å². The average molecular weight is 260 g/mol. The quantitative estimate of drug-likeness (QED) is 0.673. The topological polar surface area (TPSA) is 93.3 Å². The molecule has 6 heteroatoms. The number of aromatic nitrogens is 1. The van der Waals surface area contributed by atoms with Crippen molar-refractivity contribution in [3.63, 3.8) is 0 Å². The minimum absolute atomic E-state index is 0.227. The van der Waals surface area contributed by atoms with Gasteiger partial charge in [-0.1, -0.05) is 25.1 Å². The predicted octanol–water partition coefficient (Wildman–Crippen LogP) is 2.72. The molecule has 1 heterocycles. The summed E-state index contributed by atoms with van der Waals surface area (Å²) in [5, 5.41) is 20.8. The van der Waals surface area contributed by atoms with Crippen molar-refractivity contribution >= 4 is 22.6 Å². The third-order valence-corrected chi connectivity index (χ3v) is 3.05. The van der Waals surface area contributed by atoms with E-state index in [0.717, 1.165) is 6.20 Å². The summed E-state index contributed by atoms with van der Waals surface area (Å²) in [5.41, 5.74) is 0.543.